The third-order valence-electron chi connectivity index (χ3n) is 5.90. The number of rotatable bonds is 6. The first-order valence-electron chi connectivity index (χ1n) is 12.0. The summed E-state index contributed by atoms with van der Waals surface area (Å²) >= 11 is 5.73. The van der Waals surface area contributed by atoms with E-state index in [-0.39, 0.29) is 17.9 Å². The lowest BCUT2D eigenvalue weighted by Gasteiger charge is -2.16. The molecule has 0 radical (unpaired) electrons. The monoisotopic (exact) mass is 624 g/mol. The molecule has 1 heterocycles. The van der Waals surface area contributed by atoms with E-state index in [0.29, 0.717) is 29.7 Å². The highest BCUT2D eigenvalue weighted by Gasteiger charge is 2.42. The predicted molar refractivity (Wildman–Crippen MR) is 144 cm³/mol. The number of hydrogen-bond acceptors (Lipinski definition) is 5. The molecule has 226 valence electrons. The van der Waals surface area contributed by atoms with E-state index in [9.17, 15) is 40.4 Å². The summed E-state index contributed by atoms with van der Waals surface area (Å²) in [6.07, 6.45) is -2.40. The van der Waals surface area contributed by atoms with Crippen molar-refractivity contribution in [3.8, 4) is 0 Å². The van der Waals surface area contributed by atoms with E-state index in [1.54, 1.807) is 31.2 Å². The normalized spacial score (nSPS) is 18.6. The number of halogens is 5. The molecule has 1 saturated heterocycles. The molecular formula is C27H29ClF4O8S. The number of sulfone groups is 1. The number of benzene rings is 2. The van der Waals surface area contributed by atoms with Crippen LogP contribution in [-0.2, 0) is 30.4 Å². The van der Waals surface area contributed by atoms with Gasteiger partial charge in [0.05, 0.1) is 16.7 Å². The lowest BCUT2D eigenvalue weighted by atomic mass is 9.89. The predicted octanol–water partition coefficient (Wildman–Crippen LogP) is 6.14. The van der Waals surface area contributed by atoms with Crippen molar-refractivity contribution in [2.24, 2.45) is 5.92 Å². The summed E-state index contributed by atoms with van der Waals surface area (Å²) in [4.78, 5) is 31.5. The summed E-state index contributed by atoms with van der Waals surface area (Å²) < 4.78 is 71.8. The summed E-state index contributed by atoms with van der Waals surface area (Å²) in [7, 11) is -3.36. The van der Waals surface area contributed by atoms with Crippen LogP contribution in [0.4, 0.5) is 17.6 Å². The molecule has 1 aliphatic heterocycles. The van der Waals surface area contributed by atoms with Crippen molar-refractivity contribution in [1.29, 1.82) is 0 Å². The quantitative estimate of drug-likeness (QED) is 0.256. The molecule has 0 amide bonds. The first-order valence-corrected chi connectivity index (χ1v) is 14.0. The van der Waals surface area contributed by atoms with Crippen molar-refractivity contribution in [2.75, 3.05) is 0 Å². The highest BCUT2D eigenvalue weighted by atomic mass is 35.5. The second kappa shape index (κ2) is 15.0. The maximum absolute atomic E-state index is 12.8. The van der Waals surface area contributed by atoms with Crippen LogP contribution in [0.1, 0.15) is 56.2 Å². The molecule has 3 atom stereocenters. The summed E-state index contributed by atoms with van der Waals surface area (Å²) in [6.45, 7) is 5.35. The van der Waals surface area contributed by atoms with Gasteiger partial charge in [-0.2, -0.15) is 13.2 Å². The molecule has 0 bridgehead atoms. The van der Waals surface area contributed by atoms with E-state index in [1.165, 1.54) is 0 Å². The number of alkyl halides is 3. The molecule has 3 unspecified atom stereocenters. The summed E-state index contributed by atoms with van der Waals surface area (Å²) in [6, 6.07) is 8.79. The van der Waals surface area contributed by atoms with Crippen LogP contribution in [0.25, 0.3) is 6.08 Å². The molecule has 8 nitrogen and oxygen atoms in total. The Bertz CT molecular complexity index is 1360. The van der Waals surface area contributed by atoms with Crippen molar-refractivity contribution in [2.45, 2.75) is 56.2 Å². The molecule has 2 aromatic carbocycles. The first kappa shape index (κ1) is 35.6. The van der Waals surface area contributed by atoms with Crippen molar-refractivity contribution >= 4 is 45.4 Å². The minimum Gasteiger partial charge on any atom is -0.481 e. The fraction of sp³-hybridized carbons (Fsp3) is 0.370. The highest BCUT2D eigenvalue weighted by Crippen LogP contribution is 2.31. The van der Waals surface area contributed by atoms with Gasteiger partial charge in [0.25, 0.3) is 0 Å². The number of hydrogen-bond donors (Lipinski definition) is 3. The molecule has 0 saturated carbocycles. The van der Waals surface area contributed by atoms with Gasteiger partial charge in [0.1, 0.15) is 5.82 Å². The number of carboxylic acids is 3. The van der Waals surface area contributed by atoms with Gasteiger partial charge < -0.3 is 15.3 Å². The standard InChI is InChI=1S/C11H13ClO2.C10H6F4O2.C6H10O4S/c1-7(2)10(11(13)14)8-3-5-9(12)6-4-8;11-8-4-6(1-2-9(15)16)3-7(5-8)10(12,13)14;1-4-2-3-5(6(7)8)11(4,9)10/h3-7,10H,1-2H3,(H,13,14);1-5H,(H,15,16);4-5H,2-3H2,1H3,(H,7,8). The van der Waals surface area contributed by atoms with Crippen LogP contribution in [0.15, 0.2) is 48.5 Å². The summed E-state index contributed by atoms with van der Waals surface area (Å²) in [5.41, 5.74) is -0.510. The molecule has 0 spiro atoms. The molecule has 41 heavy (non-hydrogen) atoms. The maximum Gasteiger partial charge on any atom is 0.416 e. The Labute approximate surface area is 239 Å². The van der Waals surface area contributed by atoms with Crippen LogP contribution in [0.5, 0.6) is 0 Å². The summed E-state index contributed by atoms with van der Waals surface area (Å²) in [5, 5.41) is 24.8. The average molecular weight is 625 g/mol. The Morgan fingerprint density at radius 2 is 1.56 bits per heavy atom. The Hall–Kier alpha value is -3.45. The van der Waals surface area contributed by atoms with Crippen molar-refractivity contribution in [3.05, 3.63) is 76.1 Å². The van der Waals surface area contributed by atoms with Crippen molar-refractivity contribution < 1.29 is 55.7 Å². The maximum atomic E-state index is 12.8. The Morgan fingerprint density at radius 1 is 1.00 bits per heavy atom. The van der Waals surface area contributed by atoms with Gasteiger partial charge >= 0.3 is 24.1 Å². The molecule has 3 N–H and O–H groups in total. The van der Waals surface area contributed by atoms with Crippen LogP contribution in [0.2, 0.25) is 5.02 Å². The average Bonchev–Trinajstić information content (AvgIpc) is 3.11. The molecule has 1 aliphatic rings. The zero-order valence-corrected chi connectivity index (χ0v) is 23.7. The number of carboxylic acid groups (broad SMARTS) is 3. The van der Waals surface area contributed by atoms with Gasteiger partial charge in [-0.3, -0.25) is 9.59 Å². The highest BCUT2D eigenvalue weighted by molar-refractivity contribution is 7.93. The van der Waals surface area contributed by atoms with E-state index < -0.39 is 61.7 Å². The second-order valence-corrected chi connectivity index (χ2v) is 12.3. The number of aliphatic carboxylic acids is 3. The van der Waals surface area contributed by atoms with Gasteiger partial charge in [0, 0.05) is 11.1 Å². The molecule has 2 aromatic rings. The van der Waals surface area contributed by atoms with Gasteiger partial charge in [-0.05, 0) is 73.2 Å². The van der Waals surface area contributed by atoms with Crippen LogP contribution < -0.4 is 0 Å². The molecule has 0 aromatic heterocycles. The Morgan fingerprint density at radius 3 is 1.93 bits per heavy atom. The van der Waals surface area contributed by atoms with E-state index in [4.69, 9.17) is 26.9 Å². The van der Waals surface area contributed by atoms with Gasteiger partial charge in [0.15, 0.2) is 15.1 Å². The smallest absolute Gasteiger partial charge is 0.416 e. The molecular weight excluding hydrogens is 596 g/mol. The van der Waals surface area contributed by atoms with Gasteiger partial charge in [-0.25, -0.2) is 17.6 Å². The van der Waals surface area contributed by atoms with E-state index in [2.05, 4.69) is 0 Å². The summed E-state index contributed by atoms with van der Waals surface area (Å²) in [5.74, 6) is -4.77. The zero-order chi connectivity index (χ0) is 31.7. The van der Waals surface area contributed by atoms with E-state index >= 15 is 0 Å². The first-order chi connectivity index (χ1) is 18.8. The lowest BCUT2D eigenvalue weighted by Crippen LogP contribution is -2.28. The Balaban J connectivity index is 0.000000313. The van der Waals surface area contributed by atoms with Gasteiger partial charge in [-0.1, -0.05) is 37.6 Å². The zero-order valence-electron chi connectivity index (χ0n) is 22.1. The van der Waals surface area contributed by atoms with Crippen LogP contribution in [0.3, 0.4) is 0 Å². The largest absolute Gasteiger partial charge is 0.481 e. The molecule has 3 rings (SSSR count). The fourth-order valence-corrected chi connectivity index (χ4v) is 5.68. The molecule has 14 heteroatoms. The fourth-order valence-electron chi connectivity index (χ4n) is 3.78. The van der Waals surface area contributed by atoms with E-state index in [1.807, 2.05) is 13.8 Å². The van der Waals surface area contributed by atoms with Gasteiger partial charge in [0.2, 0.25) is 0 Å². The van der Waals surface area contributed by atoms with Crippen molar-refractivity contribution in [1.82, 2.24) is 0 Å². The van der Waals surface area contributed by atoms with Crippen LogP contribution in [-0.4, -0.2) is 52.1 Å². The molecule has 0 aliphatic carbocycles. The SMILES string of the molecule is CC(C)C(C(=O)O)c1ccc(Cl)cc1.CC1CCC(C(=O)O)S1(=O)=O.O=C(O)C=Cc1cc(F)cc(C(F)(F)F)c1. The minimum atomic E-state index is -4.66. The van der Waals surface area contributed by atoms with Crippen LogP contribution >= 0.6 is 11.6 Å². The second-order valence-electron chi connectivity index (χ2n) is 9.36. The lowest BCUT2D eigenvalue weighted by molar-refractivity contribution is -0.140. The third kappa shape index (κ3) is 11.2. The van der Waals surface area contributed by atoms with Gasteiger partial charge in [-0.15, -0.1) is 0 Å². The topological polar surface area (TPSA) is 146 Å². The number of carbonyl (C=O) groups is 3. The third-order valence-corrected chi connectivity index (χ3v) is 8.74. The Kier molecular flexibility index (Phi) is 13.0. The molecule has 1 fully saturated rings. The minimum absolute atomic E-state index is 0.0775. The van der Waals surface area contributed by atoms with E-state index in [0.717, 1.165) is 17.7 Å². The van der Waals surface area contributed by atoms with Crippen molar-refractivity contribution in [3.63, 3.8) is 0 Å². The van der Waals surface area contributed by atoms with Crippen LogP contribution in [0, 0.1) is 11.7 Å².